The first-order valence-electron chi connectivity index (χ1n) is 6.84. The van der Waals surface area contributed by atoms with Gasteiger partial charge in [0.15, 0.2) is 0 Å². The first kappa shape index (κ1) is 13.4. The monoisotopic (exact) mass is 287 g/mol. The molecule has 2 heterocycles. The third kappa shape index (κ3) is 2.54. The van der Waals surface area contributed by atoms with Gasteiger partial charge in [-0.1, -0.05) is 0 Å². The van der Waals surface area contributed by atoms with Crippen molar-refractivity contribution in [3.05, 3.63) is 28.6 Å². The summed E-state index contributed by atoms with van der Waals surface area (Å²) in [5, 5.41) is 0.487. The fraction of sp³-hybridized carbons (Fsp3) is 0.357. The Hall–Kier alpha value is -2.57. The topological polar surface area (TPSA) is 95.3 Å². The van der Waals surface area contributed by atoms with Crippen molar-refractivity contribution in [2.45, 2.75) is 6.92 Å². The summed E-state index contributed by atoms with van der Waals surface area (Å²) in [5.74, 6) is 0.616. The Morgan fingerprint density at radius 3 is 2.67 bits per heavy atom. The molecule has 1 aromatic carbocycles. The zero-order valence-corrected chi connectivity index (χ0v) is 11.8. The van der Waals surface area contributed by atoms with Crippen molar-refractivity contribution in [1.29, 1.82) is 0 Å². The van der Waals surface area contributed by atoms with Gasteiger partial charge in [0.1, 0.15) is 0 Å². The Labute approximate surface area is 121 Å². The Morgan fingerprint density at radius 2 is 2.00 bits per heavy atom. The maximum Gasteiger partial charge on any atom is 0.260 e. The van der Waals surface area contributed by atoms with E-state index in [1.807, 2.05) is 4.90 Å². The van der Waals surface area contributed by atoms with Gasteiger partial charge >= 0.3 is 0 Å². The summed E-state index contributed by atoms with van der Waals surface area (Å²) in [6.45, 7) is 4.15. The van der Waals surface area contributed by atoms with Gasteiger partial charge in [-0.3, -0.25) is 14.6 Å². The SMILES string of the molecule is CC(=O)N1CCN(c2nc3ccc(N)cc3c(=O)[nH]2)CC1. The van der Waals surface area contributed by atoms with E-state index in [0.29, 0.717) is 48.7 Å². The van der Waals surface area contributed by atoms with Gasteiger partial charge in [0.2, 0.25) is 11.9 Å². The molecule has 1 amide bonds. The molecule has 0 saturated carbocycles. The van der Waals surface area contributed by atoms with Gasteiger partial charge in [-0.2, -0.15) is 0 Å². The minimum Gasteiger partial charge on any atom is -0.399 e. The van der Waals surface area contributed by atoms with Crippen LogP contribution in [0.2, 0.25) is 0 Å². The number of carbonyl (C=O) groups is 1. The van der Waals surface area contributed by atoms with Crippen LogP contribution >= 0.6 is 0 Å². The number of anilines is 2. The molecule has 1 saturated heterocycles. The summed E-state index contributed by atoms with van der Waals surface area (Å²) in [6.07, 6.45) is 0. The number of hydrogen-bond donors (Lipinski definition) is 2. The molecular formula is C14H17N5O2. The highest BCUT2D eigenvalue weighted by Gasteiger charge is 2.20. The fourth-order valence-corrected chi connectivity index (χ4v) is 2.53. The standard InChI is InChI=1S/C14H17N5O2/c1-9(20)18-4-6-19(7-5-18)14-16-12-3-2-10(15)8-11(12)13(21)17-14/h2-3,8H,4-7,15H2,1H3,(H,16,17,21). The zero-order valence-electron chi connectivity index (χ0n) is 11.8. The molecule has 1 fully saturated rings. The first-order valence-corrected chi connectivity index (χ1v) is 6.84. The molecule has 21 heavy (non-hydrogen) atoms. The predicted molar refractivity (Wildman–Crippen MR) is 81.2 cm³/mol. The summed E-state index contributed by atoms with van der Waals surface area (Å²) in [5.41, 5.74) is 6.65. The molecule has 0 unspecified atom stereocenters. The molecule has 7 heteroatoms. The van der Waals surface area contributed by atoms with Gasteiger partial charge in [0, 0.05) is 38.8 Å². The molecule has 3 N–H and O–H groups in total. The molecule has 0 bridgehead atoms. The molecule has 7 nitrogen and oxygen atoms in total. The van der Waals surface area contributed by atoms with E-state index >= 15 is 0 Å². The number of nitrogen functional groups attached to an aromatic ring is 1. The zero-order chi connectivity index (χ0) is 15.0. The number of nitrogens with one attached hydrogen (secondary N) is 1. The van der Waals surface area contributed by atoms with Gasteiger partial charge in [0.25, 0.3) is 5.56 Å². The number of fused-ring (bicyclic) bond motifs is 1. The van der Waals surface area contributed by atoms with Crippen LogP contribution in [0.3, 0.4) is 0 Å². The first-order chi connectivity index (χ1) is 10.0. The number of piperazine rings is 1. The van der Waals surface area contributed by atoms with E-state index in [9.17, 15) is 9.59 Å². The third-order valence-corrected chi connectivity index (χ3v) is 3.74. The van der Waals surface area contributed by atoms with Crippen LogP contribution in [0, 0.1) is 0 Å². The molecule has 1 aliphatic rings. The van der Waals surface area contributed by atoms with Crippen LogP contribution in [0.25, 0.3) is 10.9 Å². The number of rotatable bonds is 1. The molecule has 3 rings (SSSR count). The Morgan fingerprint density at radius 1 is 1.29 bits per heavy atom. The second kappa shape index (κ2) is 5.08. The number of amides is 1. The van der Waals surface area contributed by atoms with Crippen LogP contribution in [0.4, 0.5) is 11.6 Å². The summed E-state index contributed by atoms with van der Waals surface area (Å²) in [6, 6.07) is 5.10. The van der Waals surface area contributed by atoms with Gasteiger partial charge in [-0.25, -0.2) is 4.98 Å². The highest BCUT2D eigenvalue weighted by atomic mass is 16.2. The molecule has 1 aliphatic heterocycles. The predicted octanol–water partition coefficient (Wildman–Crippen LogP) is 0.174. The number of carbonyl (C=O) groups excluding carboxylic acids is 1. The quantitative estimate of drug-likeness (QED) is 0.729. The van der Waals surface area contributed by atoms with E-state index < -0.39 is 0 Å². The maximum atomic E-state index is 12.1. The fourth-order valence-electron chi connectivity index (χ4n) is 2.53. The van der Waals surface area contributed by atoms with Gasteiger partial charge in [-0.05, 0) is 18.2 Å². The van der Waals surface area contributed by atoms with Crippen molar-refractivity contribution >= 4 is 28.4 Å². The number of nitrogens with two attached hydrogens (primary N) is 1. The summed E-state index contributed by atoms with van der Waals surface area (Å²) in [4.78, 5) is 34.5. The lowest BCUT2D eigenvalue weighted by molar-refractivity contribution is -0.129. The van der Waals surface area contributed by atoms with Crippen molar-refractivity contribution in [2.75, 3.05) is 36.8 Å². The molecule has 0 aliphatic carbocycles. The maximum absolute atomic E-state index is 12.1. The van der Waals surface area contributed by atoms with E-state index in [1.54, 1.807) is 30.0 Å². The van der Waals surface area contributed by atoms with E-state index in [4.69, 9.17) is 5.73 Å². The highest BCUT2D eigenvalue weighted by molar-refractivity contribution is 5.81. The number of H-pyrrole nitrogens is 1. The Balaban J connectivity index is 1.90. The lowest BCUT2D eigenvalue weighted by atomic mass is 10.2. The van der Waals surface area contributed by atoms with Gasteiger partial charge in [-0.15, -0.1) is 0 Å². The van der Waals surface area contributed by atoms with E-state index in [-0.39, 0.29) is 11.5 Å². The van der Waals surface area contributed by atoms with Gasteiger partial charge in [0.05, 0.1) is 10.9 Å². The van der Waals surface area contributed by atoms with Crippen LogP contribution < -0.4 is 16.2 Å². The highest BCUT2D eigenvalue weighted by Crippen LogP contribution is 2.16. The van der Waals surface area contributed by atoms with Crippen LogP contribution in [-0.4, -0.2) is 47.0 Å². The van der Waals surface area contributed by atoms with E-state index in [1.165, 1.54) is 0 Å². The summed E-state index contributed by atoms with van der Waals surface area (Å²) in [7, 11) is 0. The molecule has 2 aromatic rings. The van der Waals surface area contributed by atoms with Crippen molar-refractivity contribution in [1.82, 2.24) is 14.9 Å². The number of hydrogen-bond acceptors (Lipinski definition) is 5. The summed E-state index contributed by atoms with van der Waals surface area (Å²) < 4.78 is 0. The lowest BCUT2D eigenvalue weighted by Crippen LogP contribution is -2.48. The van der Waals surface area contributed by atoms with Crippen molar-refractivity contribution in [2.24, 2.45) is 0 Å². The van der Waals surface area contributed by atoms with E-state index in [2.05, 4.69) is 9.97 Å². The molecule has 0 radical (unpaired) electrons. The molecule has 0 spiro atoms. The van der Waals surface area contributed by atoms with Gasteiger partial charge < -0.3 is 15.5 Å². The lowest BCUT2D eigenvalue weighted by Gasteiger charge is -2.34. The van der Waals surface area contributed by atoms with Crippen LogP contribution in [0.1, 0.15) is 6.92 Å². The van der Waals surface area contributed by atoms with Crippen LogP contribution in [0.5, 0.6) is 0 Å². The second-order valence-electron chi connectivity index (χ2n) is 5.16. The normalized spacial score (nSPS) is 15.5. The second-order valence-corrected chi connectivity index (χ2v) is 5.16. The minimum absolute atomic E-state index is 0.0742. The molecule has 1 aromatic heterocycles. The van der Waals surface area contributed by atoms with Crippen molar-refractivity contribution in [3.8, 4) is 0 Å². The molecular weight excluding hydrogens is 270 g/mol. The largest absolute Gasteiger partial charge is 0.399 e. The average Bonchev–Trinajstić information content (AvgIpc) is 2.48. The number of nitrogens with zero attached hydrogens (tertiary/aromatic N) is 3. The Kier molecular flexibility index (Phi) is 3.25. The molecule has 0 atom stereocenters. The number of benzene rings is 1. The summed E-state index contributed by atoms with van der Waals surface area (Å²) >= 11 is 0. The average molecular weight is 287 g/mol. The van der Waals surface area contributed by atoms with E-state index in [0.717, 1.165) is 0 Å². The number of aromatic amines is 1. The molecule has 110 valence electrons. The third-order valence-electron chi connectivity index (χ3n) is 3.74. The van der Waals surface area contributed by atoms with Crippen molar-refractivity contribution in [3.63, 3.8) is 0 Å². The Bertz CT molecular complexity index is 747. The minimum atomic E-state index is -0.198. The number of aromatic nitrogens is 2. The van der Waals surface area contributed by atoms with Crippen molar-refractivity contribution < 1.29 is 4.79 Å². The van der Waals surface area contributed by atoms with Crippen LogP contribution in [-0.2, 0) is 4.79 Å². The van der Waals surface area contributed by atoms with Crippen LogP contribution in [0.15, 0.2) is 23.0 Å². The smallest absolute Gasteiger partial charge is 0.260 e.